The van der Waals surface area contributed by atoms with Gasteiger partial charge in [0.15, 0.2) is 0 Å². The predicted molar refractivity (Wildman–Crippen MR) is 130 cm³/mol. The Kier molecular flexibility index (Phi) is 7.88. The van der Waals surface area contributed by atoms with Crippen molar-refractivity contribution in [1.29, 1.82) is 0 Å². The van der Waals surface area contributed by atoms with Gasteiger partial charge < -0.3 is 19.5 Å². The van der Waals surface area contributed by atoms with E-state index in [-0.39, 0.29) is 35.6 Å². The number of non-ortho nitro benzene ring substituents is 1. The molecule has 1 aliphatic heterocycles. The fraction of sp³-hybridized carbons (Fsp3) is 0.269. The van der Waals surface area contributed by atoms with E-state index in [0.717, 1.165) is 0 Å². The van der Waals surface area contributed by atoms with E-state index in [2.05, 4.69) is 0 Å². The molecule has 0 aliphatic carbocycles. The Morgan fingerprint density at radius 2 is 1.47 bits per heavy atom. The first-order chi connectivity index (χ1) is 17.1. The van der Waals surface area contributed by atoms with Gasteiger partial charge in [0.1, 0.15) is 0 Å². The van der Waals surface area contributed by atoms with Gasteiger partial charge in [-0.25, -0.2) is 14.4 Å². The second kappa shape index (κ2) is 10.9. The van der Waals surface area contributed by atoms with Gasteiger partial charge in [0, 0.05) is 29.2 Å². The zero-order valence-electron chi connectivity index (χ0n) is 20.3. The van der Waals surface area contributed by atoms with E-state index in [1.807, 2.05) is 0 Å². The molecule has 0 bridgehead atoms. The van der Waals surface area contributed by atoms with Crippen molar-refractivity contribution in [2.24, 2.45) is 0 Å². The number of carboxylic acid groups (broad SMARTS) is 1. The quantitative estimate of drug-likeness (QED) is 0.318. The third kappa shape index (κ3) is 4.97. The monoisotopic (exact) mass is 494 g/mol. The molecule has 0 atom stereocenters. The highest BCUT2D eigenvalue weighted by Gasteiger charge is 2.41. The van der Waals surface area contributed by atoms with E-state index in [1.165, 1.54) is 30.3 Å². The summed E-state index contributed by atoms with van der Waals surface area (Å²) in [6.07, 6.45) is 0. The third-order valence-electron chi connectivity index (χ3n) is 5.81. The number of nitro groups is 1. The number of esters is 2. The van der Waals surface area contributed by atoms with Crippen LogP contribution < -0.4 is 4.90 Å². The highest BCUT2D eigenvalue weighted by Crippen LogP contribution is 2.45. The highest BCUT2D eigenvalue weighted by molar-refractivity contribution is 6.01. The number of nitrogens with zero attached hydrogens (tertiary/aromatic N) is 2. The summed E-state index contributed by atoms with van der Waals surface area (Å²) in [5, 5.41) is 20.7. The number of hydrogen-bond donors (Lipinski definition) is 1. The normalized spacial score (nSPS) is 14.1. The fourth-order valence-corrected chi connectivity index (χ4v) is 4.30. The largest absolute Gasteiger partial charge is 0.478 e. The molecule has 0 radical (unpaired) electrons. The number of aromatic carboxylic acids is 1. The topological polar surface area (TPSA) is 136 Å². The first-order valence-corrected chi connectivity index (χ1v) is 11.3. The first kappa shape index (κ1) is 26.1. The van der Waals surface area contributed by atoms with Crippen molar-refractivity contribution in [3.05, 3.63) is 92.3 Å². The molecule has 0 saturated heterocycles. The lowest BCUT2D eigenvalue weighted by Crippen LogP contribution is -2.35. The molecule has 2 aromatic carbocycles. The maximum Gasteiger partial charge on any atom is 0.336 e. The number of rotatable bonds is 8. The molecule has 1 heterocycles. The van der Waals surface area contributed by atoms with Gasteiger partial charge in [-0.05, 0) is 57.5 Å². The van der Waals surface area contributed by atoms with Crippen molar-refractivity contribution in [2.45, 2.75) is 33.6 Å². The molecule has 0 spiro atoms. The number of hydrogen-bond acceptors (Lipinski definition) is 8. The number of carboxylic acids is 1. The average molecular weight is 495 g/mol. The van der Waals surface area contributed by atoms with Crippen LogP contribution in [0, 0.1) is 10.1 Å². The average Bonchev–Trinajstić information content (AvgIpc) is 2.84. The maximum absolute atomic E-state index is 13.3. The Morgan fingerprint density at radius 3 is 1.92 bits per heavy atom. The third-order valence-corrected chi connectivity index (χ3v) is 5.81. The minimum Gasteiger partial charge on any atom is -0.478 e. The summed E-state index contributed by atoms with van der Waals surface area (Å²) in [7, 11) is 0. The van der Waals surface area contributed by atoms with Gasteiger partial charge in [-0.1, -0.05) is 12.1 Å². The molecule has 1 N–H and O–H groups in total. The number of ether oxygens (including phenoxy) is 2. The lowest BCUT2D eigenvalue weighted by Gasteiger charge is -2.38. The van der Waals surface area contributed by atoms with E-state index < -0.39 is 28.7 Å². The van der Waals surface area contributed by atoms with Crippen molar-refractivity contribution in [3.63, 3.8) is 0 Å². The zero-order valence-corrected chi connectivity index (χ0v) is 20.3. The number of carbonyl (C=O) groups is 3. The van der Waals surface area contributed by atoms with Crippen LogP contribution in [0.3, 0.4) is 0 Å². The molecule has 0 saturated carbocycles. The zero-order chi connectivity index (χ0) is 26.6. The summed E-state index contributed by atoms with van der Waals surface area (Å²) in [5.41, 5.74) is 1.84. The molecule has 10 nitrogen and oxygen atoms in total. The minimum atomic E-state index is -1.09. The summed E-state index contributed by atoms with van der Waals surface area (Å²) >= 11 is 0. The summed E-state index contributed by atoms with van der Waals surface area (Å²) in [4.78, 5) is 50.4. The van der Waals surface area contributed by atoms with Crippen LogP contribution in [0.5, 0.6) is 0 Å². The molecule has 2 aromatic rings. The summed E-state index contributed by atoms with van der Waals surface area (Å²) in [5.74, 6) is -3.46. The van der Waals surface area contributed by atoms with Crippen molar-refractivity contribution < 1.29 is 33.9 Å². The van der Waals surface area contributed by atoms with E-state index in [9.17, 15) is 29.6 Å². The van der Waals surface area contributed by atoms with E-state index in [0.29, 0.717) is 22.6 Å². The molecule has 0 fully saturated rings. The molecular weight excluding hydrogens is 468 g/mol. The SMILES string of the molecule is CCOC(=O)C1=C(C)N(c2ccc(C(=O)O)cc2)C(C)=C(C(=O)OCC)C1c1cccc([N+](=O)[O-])c1. The molecule has 10 heteroatoms. The van der Waals surface area contributed by atoms with Crippen LogP contribution >= 0.6 is 0 Å². The maximum atomic E-state index is 13.3. The molecule has 1 aliphatic rings. The number of allylic oxidation sites excluding steroid dienone is 2. The summed E-state index contributed by atoms with van der Waals surface area (Å²) < 4.78 is 10.7. The Labute approximate surface area is 207 Å². The highest BCUT2D eigenvalue weighted by atomic mass is 16.6. The van der Waals surface area contributed by atoms with Gasteiger partial charge in [0.05, 0.1) is 40.8 Å². The van der Waals surface area contributed by atoms with Crippen molar-refractivity contribution >= 4 is 29.3 Å². The molecule has 3 rings (SSSR count). The van der Waals surface area contributed by atoms with Crippen LogP contribution in [0.25, 0.3) is 0 Å². The molecule has 0 aromatic heterocycles. The van der Waals surface area contributed by atoms with E-state index in [4.69, 9.17) is 9.47 Å². The lowest BCUT2D eigenvalue weighted by molar-refractivity contribution is -0.384. The van der Waals surface area contributed by atoms with Crippen LogP contribution in [-0.2, 0) is 19.1 Å². The molecular formula is C26H26N2O8. The van der Waals surface area contributed by atoms with Crippen LogP contribution in [0.4, 0.5) is 11.4 Å². The number of anilines is 1. The van der Waals surface area contributed by atoms with E-state index >= 15 is 0 Å². The Morgan fingerprint density at radius 1 is 0.944 bits per heavy atom. The van der Waals surface area contributed by atoms with Gasteiger partial charge in [0.2, 0.25) is 0 Å². The molecule has 0 unspecified atom stereocenters. The van der Waals surface area contributed by atoms with Gasteiger partial charge in [-0.15, -0.1) is 0 Å². The summed E-state index contributed by atoms with van der Waals surface area (Å²) in [6, 6.07) is 11.7. The second-order valence-electron chi connectivity index (χ2n) is 7.91. The molecule has 36 heavy (non-hydrogen) atoms. The Bertz CT molecular complexity index is 1240. The van der Waals surface area contributed by atoms with Gasteiger partial charge >= 0.3 is 17.9 Å². The Hall–Kier alpha value is -4.47. The van der Waals surface area contributed by atoms with Crippen LogP contribution in [-0.4, -0.2) is 41.2 Å². The van der Waals surface area contributed by atoms with Gasteiger partial charge in [-0.3, -0.25) is 10.1 Å². The molecule has 188 valence electrons. The number of benzene rings is 2. The van der Waals surface area contributed by atoms with Crippen molar-refractivity contribution in [2.75, 3.05) is 18.1 Å². The standard InChI is InChI=1S/C26H26N2O8/c1-5-35-25(31)21-15(3)27(19-12-10-17(11-13-19)24(29)30)16(4)22(26(32)36-6-2)23(21)18-8-7-9-20(14-18)28(33)34/h7-14,23H,5-6H2,1-4H3,(H,29,30). The molecule has 0 amide bonds. The van der Waals surface area contributed by atoms with Crippen LogP contribution in [0.15, 0.2) is 71.1 Å². The predicted octanol–water partition coefficient (Wildman–Crippen LogP) is 4.57. The van der Waals surface area contributed by atoms with E-state index in [1.54, 1.807) is 50.8 Å². The van der Waals surface area contributed by atoms with Gasteiger partial charge in [-0.2, -0.15) is 0 Å². The number of carbonyl (C=O) groups excluding carboxylic acids is 2. The first-order valence-electron chi connectivity index (χ1n) is 11.3. The number of nitro benzene ring substituents is 1. The van der Waals surface area contributed by atoms with Crippen LogP contribution in [0.2, 0.25) is 0 Å². The second-order valence-corrected chi connectivity index (χ2v) is 7.91. The van der Waals surface area contributed by atoms with Crippen molar-refractivity contribution in [1.82, 2.24) is 0 Å². The fourth-order valence-electron chi connectivity index (χ4n) is 4.30. The Balaban J connectivity index is 2.33. The summed E-state index contributed by atoms with van der Waals surface area (Å²) in [6.45, 7) is 6.79. The minimum absolute atomic E-state index is 0.0714. The smallest absolute Gasteiger partial charge is 0.336 e. The van der Waals surface area contributed by atoms with Gasteiger partial charge in [0.25, 0.3) is 5.69 Å². The van der Waals surface area contributed by atoms with Crippen LogP contribution in [0.1, 0.15) is 49.5 Å². The van der Waals surface area contributed by atoms with Crippen molar-refractivity contribution in [3.8, 4) is 0 Å². The lowest BCUT2D eigenvalue weighted by atomic mass is 9.79.